The monoisotopic (exact) mass is 490 g/mol. The molecule has 0 saturated heterocycles. The van der Waals surface area contributed by atoms with Crippen LogP contribution in [0.5, 0.6) is 11.5 Å². The summed E-state index contributed by atoms with van der Waals surface area (Å²) < 4.78 is 13.8. The van der Waals surface area contributed by atoms with Gasteiger partial charge in [0.15, 0.2) is 0 Å². The molecule has 1 aromatic heterocycles. The average molecular weight is 491 g/mol. The molecule has 0 amide bonds. The number of anilines is 1. The SMILES string of the molecule is CCCCCCCn1nc(NCCOc2ccc(OC(C)(CCC)C(=O)O)cc2)c(=O)n(C)c1=O. The fourth-order valence-electron chi connectivity index (χ4n) is 3.63. The van der Waals surface area contributed by atoms with E-state index in [0.717, 1.165) is 30.3 Å². The molecule has 0 saturated carbocycles. The molecule has 1 atom stereocenters. The molecule has 10 heteroatoms. The number of carboxylic acids is 1. The zero-order valence-electron chi connectivity index (χ0n) is 21.2. The summed E-state index contributed by atoms with van der Waals surface area (Å²) in [5.74, 6) is 0.119. The van der Waals surface area contributed by atoms with E-state index in [1.807, 2.05) is 6.92 Å². The van der Waals surface area contributed by atoms with Gasteiger partial charge in [-0.25, -0.2) is 14.3 Å². The van der Waals surface area contributed by atoms with Crippen LogP contribution in [0, 0.1) is 0 Å². The normalized spacial score (nSPS) is 12.7. The summed E-state index contributed by atoms with van der Waals surface area (Å²) in [6, 6.07) is 6.71. The van der Waals surface area contributed by atoms with Crippen molar-refractivity contribution >= 4 is 11.8 Å². The van der Waals surface area contributed by atoms with Crippen LogP contribution in [0.3, 0.4) is 0 Å². The van der Waals surface area contributed by atoms with Gasteiger partial charge in [0.1, 0.15) is 18.1 Å². The highest BCUT2D eigenvalue weighted by molar-refractivity contribution is 5.77. The highest BCUT2D eigenvalue weighted by Gasteiger charge is 2.34. The smallest absolute Gasteiger partial charge is 0.347 e. The lowest BCUT2D eigenvalue weighted by Crippen LogP contribution is -2.41. The Bertz CT molecular complexity index is 1060. The maximum absolute atomic E-state index is 12.4. The highest BCUT2D eigenvalue weighted by Crippen LogP contribution is 2.25. The van der Waals surface area contributed by atoms with E-state index in [1.54, 1.807) is 31.2 Å². The van der Waals surface area contributed by atoms with Gasteiger partial charge in [-0.05, 0) is 44.0 Å². The lowest BCUT2D eigenvalue weighted by atomic mass is 10.0. The quantitative estimate of drug-likeness (QED) is 0.343. The molecule has 10 nitrogen and oxygen atoms in total. The number of hydrogen-bond donors (Lipinski definition) is 2. The summed E-state index contributed by atoms with van der Waals surface area (Å²) in [7, 11) is 1.45. The van der Waals surface area contributed by atoms with Crippen LogP contribution in [0.15, 0.2) is 33.9 Å². The molecular weight excluding hydrogens is 452 g/mol. The molecule has 35 heavy (non-hydrogen) atoms. The topological polar surface area (TPSA) is 125 Å². The van der Waals surface area contributed by atoms with E-state index in [1.165, 1.54) is 18.2 Å². The Morgan fingerprint density at radius 2 is 1.71 bits per heavy atom. The third-order valence-electron chi connectivity index (χ3n) is 5.72. The third-order valence-corrected chi connectivity index (χ3v) is 5.72. The fourth-order valence-corrected chi connectivity index (χ4v) is 3.63. The van der Waals surface area contributed by atoms with Crippen LogP contribution >= 0.6 is 0 Å². The Morgan fingerprint density at radius 3 is 2.34 bits per heavy atom. The number of nitrogens with one attached hydrogen (secondary N) is 1. The largest absolute Gasteiger partial charge is 0.492 e. The number of aliphatic carboxylic acids is 1. The lowest BCUT2D eigenvalue weighted by molar-refractivity contribution is -0.154. The zero-order valence-corrected chi connectivity index (χ0v) is 21.2. The van der Waals surface area contributed by atoms with Gasteiger partial charge < -0.3 is 19.9 Å². The molecule has 2 rings (SSSR count). The summed E-state index contributed by atoms with van der Waals surface area (Å²) >= 11 is 0. The van der Waals surface area contributed by atoms with Crippen LogP contribution in [0.4, 0.5) is 5.82 Å². The van der Waals surface area contributed by atoms with Crippen LogP contribution in [0.25, 0.3) is 0 Å². The number of unbranched alkanes of at least 4 members (excludes halogenated alkanes) is 4. The zero-order chi connectivity index (χ0) is 25.8. The predicted molar refractivity (Wildman–Crippen MR) is 135 cm³/mol. The molecular formula is C25H38N4O6. The van der Waals surface area contributed by atoms with Crippen molar-refractivity contribution in [2.24, 2.45) is 7.05 Å². The number of ether oxygens (including phenoxy) is 2. The molecule has 0 aliphatic carbocycles. The Morgan fingerprint density at radius 1 is 1.06 bits per heavy atom. The number of nitrogens with zero attached hydrogens (tertiary/aromatic N) is 3. The second-order valence-electron chi connectivity index (χ2n) is 8.77. The van der Waals surface area contributed by atoms with Crippen molar-refractivity contribution in [3.63, 3.8) is 0 Å². The van der Waals surface area contributed by atoms with Crippen molar-refractivity contribution < 1.29 is 19.4 Å². The van der Waals surface area contributed by atoms with Crippen molar-refractivity contribution in [2.75, 3.05) is 18.5 Å². The maximum atomic E-state index is 12.4. The van der Waals surface area contributed by atoms with Gasteiger partial charge in [-0.3, -0.25) is 9.36 Å². The number of benzene rings is 1. The van der Waals surface area contributed by atoms with Crippen LogP contribution in [-0.2, 0) is 18.4 Å². The molecule has 0 aliphatic rings. The first-order valence-electron chi connectivity index (χ1n) is 12.3. The third kappa shape index (κ3) is 8.15. The van der Waals surface area contributed by atoms with Crippen LogP contribution in [0.1, 0.15) is 65.7 Å². The standard InChI is InChI=1S/C25H38N4O6/c1-5-7-8-9-10-17-29-24(33)28(4)22(30)21(27-29)26-16-18-34-19-11-13-20(14-12-19)35-25(3,15-6-2)23(31)32/h11-14H,5-10,15-18H2,1-4H3,(H,26,27)(H,31,32). The maximum Gasteiger partial charge on any atom is 0.347 e. The van der Waals surface area contributed by atoms with Gasteiger partial charge in [-0.15, -0.1) is 5.10 Å². The molecule has 194 valence electrons. The fraction of sp³-hybridized carbons (Fsp3) is 0.600. The molecule has 0 fully saturated rings. The van der Waals surface area contributed by atoms with Gasteiger partial charge in [0.2, 0.25) is 11.4 Å². The summed E-state index contributed by atoms with van der Waals surface area (Å²) in [6.45, 7) is 6.64. The Kier molecular flexibility index (Phi) is 10.8. The molecule has 0 aliphatic heterocycles. The second kappa shape index (κ2) is 13.6. The van der Waals surface area contributed by atoms with E-state index in [0.29, 0.717) is 37.4 Å². The Hall–Kier alpha value is -3.30. The molecule has 0 radical (unpaired) electrons. The van der Waals surface area contributed by atoms with Gasteiger partial charge >= 0.3 is 11.7 Å². The van der Waals surface area contributed by atoms with E-state index >= 15 is 0 Å². The van der Waals surface area contributed by atoms with Crippen molar-refractivity contribution in [1.29, 1.82) is 0 Å². The summed E-state index contributed by atoms with van der Waals surface area (Å²) in [4.78, 5) is 36.3. The van der Waals surface area contributed by atoms with Gasteiger partial charge in [-0.1, -0.05) is 46.0 Å². The van der Waals surface area contributed by atoms with Crippen molar-refractivity contribution in [1.82, 2.24) is 14.3 Å². The van der Waals surface area contributed by atoms with Gasteiger partial charge in [0.05, 0.1) is 6.54 Å². The Balaban J connectivity index is 1.90. The number of rotatable bonds is 16. The van der Waals surface area contributed by atoms with Crippen molar-refractivity contribution in [2.45, 2.75) is 77.9 Å². The number of aromatic nitrogens is 3. The molecule has 1 aromatic carbocycles. The molecule has 0 bridgehead atoms. The molecule has 2 aromatic rings. The highest BCUT2D eigenvalue weighted by atomic mass is 16.5. The minimum atomic E-state index is -1.29. The molecule has 1 unspecified atom stereocenters. The first kappa shape index (κ1) is 27.9. The number of aryl methyl sites for hydroxylation is 1. The van der Waals surface area contributed by atoms with Gasteiger partial charge in [-0.2, -0.15) is 0 Å². The number of carboxylic acid groups (broad SMARTS) is 1. The predicted octanol–water partition coefficient (Wildman–Crippen LogP) is 3.43. The molecule has 0 spiro atoms. The summed E-state index contributed by atoms with van der Waals surface area (Å²) in [6.07, 6.45) is 6.35. The molecule has 2 N–H and O–H groups in total. The van der Waals surface area contributed by atoms with Gasteiger partial charge in [0, 0.05) is 13.6 Å². The van der Waals surface area contributed by atoms with E-state index in [-0.39, 0.29) is 12.4 Å². The van der Waals surface area contributed by atoms with E-state index in [2.05, 4.69) is 17.3 Å². The summed E-state index contributed by atoms with van der Waals surface area (Å²) in [5.41, 5.74) is -2.19. The Labute approximate surface area is 205 Å². The van der Waals surface area contributed by atoms with E-state index in [4.69, 9.17) is 9.47 Å². The minimum absolute atomic E-state index is 0.108. The number of carbonyl (C=O) groups is 1. The van der Waals surface area contributed by atoms with Crippen LogP contribution in [0.2, 0.25) is 0 Å². The van der Waals surface area contributed by atoms with Crippen molar-refractivity contribution in [3.8, 4) is 11.5 Å². The van der Waals surface area contributed by atoms with Crippen LogP contribution in [-0.4, -0.2) is 44.2 Å². The molecule has 1 heterocycles. The van der Waals surface area contributed by atoms with Gasteiger partial charge in [0.25, 0.3) is 5.56 Å². The lowest BCUT2D eigenvalue weighted by Gasteiger charge is -2.26. The number of hydrogen-bond acceptors (Lipinski definition) is 7. The summed E-state index contributed by atoms with van der Waals surface area (Å²) in [5, 5.41) is 16.6. The van der Waals surface area contributed by atoms with Crippen molar-refractivity contribution in [3.05, 3.63) is 45.1 Å². The van der Waals surface area contributed by atoms with E-state index in [9.17, 15) is 19.5 Å². The van der Waals surface area contributed by atoms with Crippen LogP contribution < -0.4 is 26.0 Å². The first-order chi connectivity index (χ1) is 16.7. The second-order valence-corrected chi connectivity index (χ2v) is 8.77. The average Bonchev–Trinajstić information content (AvgIpc) is 2.83. The first-order valence-corrected chi connectivity index (χ1v) is 12.3. The van der Waals surface area contributed by atoms with E-state index < -0.39 is 22.8 Å². The minimum Gasteiger partial charge on any atom is -0.492 e.